The molecule has 0 radical (unpaired) electrons. The number of aromatic nitrogens is 1. The zero-order valence-electron chi connectivity index (χ0n) is 12.6. The molecule has 0 N–H and O–H groups in total. The summed E-state index contributed by atoms with van der Waals surface area (Å²) in [6.45, 7) is 16.6. The van der Waals surface area contributed by atoms with Crippen molar-refractivity contribution in [1.29, 1.82) is 0 Å². The van der Waals surface area contributed by atoms with Crippen molar-refractivity contribution in [2.75, 3.05) is 0 Å². The minimum atomic E-state index is 0.359. The zero-order valence-corrected chi connectivity index (χ0v) is 12.6. The number of benzene rings is 2. The number of pyridine rings is 1. The minimum absolute atomic E-state index is 0.359. The van der Waals surface area contributed by atoms with Gasteiger partial charge in [-0.25, -0.2) is 4.85 Å². The quantitative estimate of drug-likeness (QED) is 0.545. The van der Waals surface area contributed by atoms with Gasteiger partial charge in [0.25, 0.3) is 0 Å². The number of aryl methyl sites for hydroxylation is 1. The lowest BCUT2D eigenvalue weighted by Gasteiger charge is -2.10. The summed E-state index contributed by atoms with van der Waals surface area (Å²) in [5, 5.41) is 0. The SMILES string of the molecule is [C-]#[N+]c1cccc(-c2cc(-c3ccccc3)c(C)cn2)c1[N+]#[C-]. The molecule has 0 bridgehead atoms. The van der Waals surface area contributed by atoms with Crippen LogP contribution in [0.2, 0.25) is 0 Å². The smallest absolute Gasteiger partial charge is 0.203 e. The molecule has 1 aromatic heterocycles. The normalized spacial score (nSPS) is 9.87. The summed E-state index contributed by atoms with van der Waals surface area (Å²) in [5.74, 6) is 0. The lowest BCUT2D eigenvalue weighted by Crippen LogP contribution is -1.90. The van der Waals surface area contributed by atoms with Crippen molar-refractivity contribution in [1.82, 2.24) is 4.98 Å². The van der Waals surface area contributed by atoms with E-state index in [0.717, 1.165) is 16.7 Å². The first-order chi connectivity index (χ1) is 11.2. The molecular weight excluding hydrogens is 282 g/mol. The van der Waals surface area contributed by atoms with Crippen molar-refractivity contribution in [3.05, 3.63) is 89.2 Å². The third-order valence-corrected chi connectivity index (χ3v) is 3.71. The van der Waals surface area contributed by atoms with Crippen LogP contribution < -0.4 is 0 Å². The molecule has 3 rings (SSSR count). The molecule has 0 aliphatic carbocycles. The van der Waals surface area contributed by atoms with Crippen LogP contribution in [-0.2, 0) is 0 Å². The Bertz CT molecular complexity index is 945. The zero-order chi connectivity index (χ0) is 16.2. The molecule has 0 saturated carbocycles. The van der Waals surface area contributed by atoms with Gasteiger partial charge in [-0.15, -0.1) is 0 Å². The predicted octanol–water partition coefficient (Wildman–Crippen LogP) is 5.83. The van der Waals surface area contributed by atoms with Crippen molar-refractivity contribution in [2.24, 2.45) is 0 Å². The highest BCUT2D eigenvalue weighted by atomic mass is 14.8. The number of para-hydroxylation sites is 1. The van der Waals surface area contributed by atoms with E-state index in [1.807, 2.05) is 43.5 Å². The Balaban J connectivity index is 2.21. The number of nitrogens with zero attached hydrogens (tertiary/aromatic N) is 3. The van der Waals surface area contributed by atoms with Crippen LogP contribution in [0, 0.1) is 20.1 Å². The average Bonchev–Trinajstić information content (AvgIpc) is 2.62. The summed E-state index contributed by atoms with van der Waals surface area (Å²) in [7, 11) is 0. The maximum absolute atomic E-state index is 7.39. The summed E-state index contributed by atoms with van der Waals surface area (Å²) in [6.07, 6.45) is 1.82. The van der Waals surface area contributed by atoms with Crippen molar-refractivity contribution in [3.63, 3.8) is 0 Å². The summed E-state index contributed by atoms with van der Waals surface area (Å²) in [4.78, 5) is 11.4. The first-order valence-electron chi connectivity index (χ1n) is 7.15. The van der Waals surface area contributed by atoms with Crippen LogP contribution in [0.5, 0.6) is 0 Å². The standard InChI is InChI=1S/C20H13N3/c1-14-13-23-19(12-17(14)15-8-5-4-6-9-15)16-10-7-11-18(21-2)20(16)22-3/h4-13H,1H3. The van der Waals surface area contributed by atoms with Gasteiger partial charge in [0.05, 0.1) is 18.8 Å². The first-order valence-corrected chi connectivity index (χ1v) is 7.15. The Hall–Kier alpha value is -3.43. The van der Waals surface area contributed by atoms with E-state index in [4.69, 9.17) is 13.1 Å². The van der Waals surface area contributed by atoms with Crippen molar-refractivity contribution >= 4 is 11.4 Å². The van der Waals surface area contributed by atoms with E-state index in [-0.39, 0.29) is 0 Å². The molecule has 0 atom stereocenters. The third kappa shape index (κ3) is 2.69. The Morgan fingerprint density at radius 1 is 0.870 bits per heavy atom. The minimum Gasteiger partial charge on any atom is -0.257 e. The molecule has 3 nitrogen and oxygen atoms in total. The van der Waals surface area contributed by atoms with Gasteiger partial charge in [0, 0.05) is 6.20 Å². The van der Waals surface area contributed by atoms with Crippen LogP contribution >= 0.6 is 0 Å². The summed E-state index contributed by atoms with van der Waals surface area (Å²) in [6, 6.07) is 17.4. The van der Waals surface area contributed by atoms with E-state index in [2.05, 4.69) is 26.8 Å². The van der Waals surface area contributed by atoms with Gasteiger partial charge in [0.2, 0.25) is 5.69 Å². The van der Waals surface area contributed by atoms with Crippen molar-refractivity contribution < 1.29 is 0 Å². The van der Waals surface area contributed by atoms with Crippen LogP contribution in [0.3, 0.4) is 0 Å². The Kier molecular flexibility index (Phi) is 3.87. The summed E-state index contributed by atoms with van der Waals surface area (Å²) >= 11 is 0. The van der Waals surface area contributed by atoms with E-state index in [1.165, 1.54) is 0 Å². The van der Waals surface area contributed by atoms with Gasteiger partial charge in [-0.1, -0.05) is 48.5 Å². The van der Waals surface area contributed by atoms with Crippen LogP contribution in [0.1, 0.15) is 5.56 Å². The molecule has 23 heavy (non-hydrogen) atoms. The fourth-order valence-electron chi connectivity index (χ4n) is 2.55. The van der Waals surface area contributed by atoms with E-state index in [9.17, 15) is 0 Å². The third-order valence-electron chi connectivity index (χ3n) is 3.71. The Morgan fingerprint density at radius 3 is 2.35 bits per heavy atom. The number of hydrogen-bond acceptors (Lipinski definition) is 1. The second-order valence-electron chi connectivity index (χ2n) is 5.15. The summed E-state index contributed by atoms with van der Waals surface area (Å²) in [5.41, 5.74) is 5.40. The van der Waals surface area contributed by atoms with E-state index >= 15 is 0 Å². The molecule has 2 aromatic carbocycles. The largest absolute Gasteiger partial charge is 0.257 e. The molecule has 3 heteroatoms. The monoisotopic (exact) mass is 295 g/mol. The van der Waals surface area contributed by atoms with E-state index in [0.29, 0.717) is 22.6 Å². The van der Waals surface area contributed by atoms with Crippen LogP contribution in [0.15, 0.2) is 60.8 Å². The number of hydrogen-bond donors (Lipinski definition) is 0. The van der Waals surface area contributed by atoms with Gasteiger partial charge >= 0.3 is 0 Å². The molecule has 0 saturated heterocycles. The number of rotatable bonds is 2. The topological polar surface area (TPSA) is 21.6 Å². The summed E-state index contributed by atoms with van der Waals surface area (Å²) < 4.78 is 0. The molecule has 0 aliphatic rings. The molecule has 3 aromatic rings. The molecule has 0 aliphatic heterocycles. The highest BCUT2D eigenvalue weighted by molar-refractivity contribution is 5.88. The van der Waals surface area contributed by atoms with Gasteiger partial charge in [0.15, 0.2) is 5.69 Å². The van der Waals surface area contributed by atoms with Crippen LogP contribution in [0.25, 0.3) is 32.1 Å². The van der Waals surface area contributed by atoms with E-state index in [1.54, 1.807) is 12.1 Å². The van der Waals surface area contributed by atoms with Gasteiger partial charge in [0.1, 0.15) is 0 Å². The molecule has 0 unspecified atom stereocenters. The highest BCUT2D eigenvalue weighted by Crippen LogP contribution is 2.39. The predicted molar refractivity (Wildman–Crippen MR) is 92.4 cm³/mol. The van der Waals surface area contributed by atoms with Crippen molar-refractivity contribution in [2.45, 2.75) is 6.92 Å². The van der Waals surface area contributed by atoms with Crippen LogP contribution in [-0.4, -0.2) is 4.98 Å². The van der Waals surface area contributed by atoms with Gasteiger partial charge in [-0.2, -0.15) is 0 Å². The first kappa shape index (κ1) is 14.5. The Labute approximate surface area is 135 Å². The average molecular weight is 295 g/mol. The molecule has 0 fully saturated rings. The maximum Gasteiger partial charge on any atom is 0.203 e. The second kappa shape index (κ2) is 6.13. The second-order valence-corrected chi connectivity index (χ2v) is 5.15. The molecule has 0 amide bonds. The molecule has 108 valence electrons. The van der Waals surface area contributed by atoms with Gasteiger partial charge in [-0.3, -0.25) is 9.83 Å². The van der Waals surface area contributed by atoms with Crippen molar-refractivity contribution in [3.8, 4) is 22.4 Å². The fourth-order valence-corrected chi connectivity index (χ4v) is 2.55. The Morgan fingerprint density at radius 2 is 1.65 bits per heavy atom. The van der Waals surface area contributed by atoms with Gasteiger partial charge < -0.3 is 0 Å². The molecule has 0 spiro atoms. The lowest BCUT2D eigenvalue weighted by molar-refractivity contribution is 1.27. The lowest BCUT2D eigenvalue weighted by atomic mass is 9.99. The highest BCUT2D eigenvalue weighted by Gasteiger charge is 2.13. The molecule has 1 heterocycles. The fraction of sp³-hybridized carbons (Fsp3) is 0.0500. The van der Waals surface area contributed by atoms with Gasteiger partial charge in [-0.05, 0) is 35.2 Å². The van der Waals surface area contributed by atoms with E-state index < -0.39 is 0 Å². The maximum atomic E-state index is 7.39. The molecular formula is C20H13N3. The van der Waals surface area contributed by atoms with Crippen LogP contribution in [0.4, 0.5) is 11.4 Å².